The number of carbonyl (C=O) groups is 2. The van der Waals surface area contributed by atoms with Crippen LogP contribution in [-0.4, -0.2) is 59.9 Å². The Bertz CT molecular complexity index is 1030. The van der Waals surface area contributed by atoms with Crippen LogP contribution < -0.4 is 9.91 Å². The van der Waals surface area contributed by atoms with Crippen molar-refractivity contribution in [1.82, 2.24) is 9.88 Å². The monoisotopic (exact) mass is 447 g/mol. The van der Waals surface area contributed by atoms with Crippen molar-refractivity contribution in [3.05, 3.63) is 52.1 Å². The van der Waals surface area contributed by atoms with E-state index in [2.05, 4.69) is 10.1 Å². The van der Waals surface area contributed by atoms with Gasteiger partial charge in [0.15, 0.2) is 11.0 Å². The second-order valence-corrected chi connectivity index (χ2v) is 7.38. The Morgan fingerprint density at radius 2 is 2.19 bits per heavy atom. The molecule has 31 heavy (non-hydrogen) atoms. The van der Waals surface area contributed by atoms with E-state index in [0.29, 0.717) is 37.2 Å². The van der Waals surface area contributed by atoms with Crippen molar-refractivity contribution in [2.24, 2.45) is 5.10 Å². The van der Waals surface area contributed by atoms with Gasteiger partial charge in [-0.25, -0.2) is 9.37 Å². The molecule has 3 rings (SSSR count). The minimum atomic E-state index is -0.652. The van der Waals surface area contributed by atoms with Gasteiger partial charge < -0.3 is 10.0 Å². The minimum Gasteiger partial charge on any atom is -0.388 e. The Morgan fingerprint density at radius 1 is 1.45 bits per heavy atom. The number of benzene rings is 1. The molecule has 0 unspecified atom stereocenters. The number of fused-ring (bicyclic) bond motifs is 1. The van der Waals surface area contributed by atoms with Crippen LogP contribution in [0.5, 0.6) is 0 Å². The largest absolute Gasteiger partial charge is 0.388 e. The molecule has 8 nitrogen and oxygen atoms in total. The molecule has 10 heteroatoms. The first-order valence-corrected chi connectivity index (χ1v) is 10.1. The van der Waals surface area contributed by atoms with Gasteiger partial charge in [0, 0.05) is 31.9 Å². The Morgan fingerprint density at radius 3 is 2.81 bits per heavy atom. The molecule has 0 saturated carbocycles. The maximum absolute atomic E-state index is 14.9. The van der Waals surface area contributed by atoms with Gasteiger partial charge in [0.25, 0.3) is 5.91 Å². The molecule has 164 valence electrons. The number of nitrogens with zero attached hydrogens (tertiary/aromatic N) is 5. The molecule has 0 aliphatic carbocycles. The molecular formula is C21H23ClFN5O3. The zero-order chi connectivity index (χ0) is 22.7. The normalized spacial score (nSPS) is 13.8. The van der Waals surface area contributed by atoms with E-state index in [9.17, 15) is 19.1 Å². The smallest absolute Gasteiger partial charge is 0.258 e. The molecule has 1 aliphatic rings. The van der Waals surface area contributed by atoms with Crippen LogP contribution in [0, 0.1) is 12.7 Å². The van der Waals surface area contributed by atoms with Gasteiger partial charge in [0.05, 0.1) is 11.4 Å². The highest BCUT2D eigenvalue weighted by atomic mass is 35.5. The molecule has 1 aliphatic heterocycles. The fraction of sp³-hybridized carbons (Fsp3) is 0.333. The molecule has 0 bridgehead atoms. The van der Waals surface area contributed by atoms with Gasteiger partial charge in [-0.3, -0.25) is 19.5 Å². The summed E-state index contributed by atoms with van der Waals surface area (Å²) in [4.78, 5) is 31.0. The van der Waals surface area contributed by atoms with Crippen molar-refractivity contribution in [3.63, 3.8) is 0 Å². The van der Waals surface area contributed by atoms with E-state index in [0.717, 1.165) is 5.56 Å². The van der Waals surface area contributed by atoms with E-state index in [4.69, 9.17) is 11.6 Å². The summed E-state index contributed by atoms with van der Waals surface area (Å²) in [7, 11) is 1.51. The van der Waals surface area contributed by atoms with Crippen LogP contribution in [0.3, 0.4) is 0 Å². The van der Waals surface area contributed by atoms with Crippen molar-refractivity contribution in [2.75, 3.05) is 36.7 Å². The van der Waals surface area contributed by atoms with Crippen molar-refractivity contribution in [1.29, 1.82) is 0 Å². The minimum absolute atomic E-state index is 0.0843. The Hall–Kier alpha value is -3.04. The molecule has 0 spiro atoms. The second kappa shape index (κ2) is 9.40. The van der Waals surface area contributed by atoms with Crippen molar-refractivity contribution in [2.45, 2.75) is 20.3 Å². The number of aliphatic hydroxyl groups is 1. The number of hydrogen-bond acceptors (Lipinski definition) is 6. The average Bonchev–Trinajstić information content (AvgIpc) is 2.75. The number of halogens is 2. The first-order valence-electron chi connectivity index (χ1n) is 9.71. The molecule has 2 heterocycles. The van der Waals surface area contributed by atoms with Crippen LogP contribution in [-0.2, 0) is 11.2 Å². The molecule has 0 fully saturated rings. The van der Waals surface area contributed by atoms with E-state index in [1.54, 1.807) is 25.3 Å². The van der Waals surface area contributed by atoms with Gasteiger partial charge in [0.1, 0.15) is 12.4 Å². The standard InChI is InChI=1S/C21H23ClFN5O3/c1-4-27(12-30)18(11-29)25-26(3)17-9-14-6-8-28(21(31)15(14)10-16(17)23)19-13(2)5-7-24-20(19)22/h5,7,9-10,12,29H,4,6,8,11H2,1-3H3/b25-18-. The summed E-state index contributed by atoms with van der Waals surface area (Å²) in [6.45, 7) is 3.76. The van der Waals surface area contributed by atoms with E-state index in [-0.39, 0.29) is 28.1 Å². The SMILES string of the molecule is CCN(C=O)/C(CO)=N\N(C)c1cc2c(cc1F)C(=O)N(c1c(C)ccnc1Cl)CC2. The topological polar surface area (TPSA) is 89.3 Å². The van der Waals surface area contributed by atoms with E-state index in [1.165, 1.54) is 27.9 Å². The van der Waals surface area contributed by atoms with Crippen molar-refractivity contribution in [3.8, 4) is 0 Å². The van der Waals surface area contributed by atoms with E-state index in [1.807, 2.05) is 6.92 Å². The number of aliphatic hydroxyl groups excluding tert-OH is 1. The number of rotatable bonds is 6. The Kier molecular flexibility index (Phi) is 6.87. The first kappa shape index (κ1) is 22.6. The van der Waals surface area contributed by atoms with Crippen LogP contribution in [0.4, 0.5) is 15.8 Å². The third-order valence-corrected chi connectivity index (χ3v) is 5.44. The van der Waals surface area contributed by atoms with Crippen molar-refractivity contribution < 1.29 is 19.1 Å². The number of likely N-dealkylation sites (N-methyl/N-ethyl adjacent to an activating group) is 1. The van der Waals surface area contributed by atoms with Crippen LogP contribution in [0.25, 0.3) is 0 Å². The third-order valence-electron chi connectivity index (χ3n) is 5.16. The summed E-state index contributed by atoms with van der Waals surface area (Å²) in [5, 5.41) is 15.1. The lowest BCUT2D eigenvalue weighted by Crippen LogP contribution is -2.38. The lowest BCUT2D eigenvalue weighted by Gasteiger charge is -2.31. The highest BCUT2D eigenvalue weighted by molar-refractivity contribution is 6.33. The quantitative estimate of drug-likeness (QED) is 0.242. The van der Waals surface area contributed by atoms with E-state index < -0.39 is 12.4 Å². The number of aromatic nitrogens is 1. The van der Waals surface area contributed by atoms with Crippen LogP contribution >= 0.6 is 11.6 Å². The molecule has 1 aromatic heterocycles. The molecule has 1 aromatic carbocycles. The Balaban J connectivity index is 1.96. The third kappa shape index (κ3) is 4.38. The van der Waals surface area contributed by atoms with Gasteiger partial charge >= 0.3 is 0 Å². The highest BCUT2D eigenvalue weighted by Gasteiger charge is 2.30. The number of carbonyl (C=O) groups excluding carboxylic acids is 2. The number of hydrazone groups is 1. The second-order valence-electron chi connectivity index (χ2n) is 7.02. The Labute approximate surface area is 184 Å². The number of aryl methyl sites for hydroxylation is 1. The molecule has 2 aromatic rings. The lowest BCUT2D eigenvalue weighted by atomic mass is 9.97. The summed E-state index contributed by atoms with van der Waals surface area (Å²) in [6, 6.07) is 4.51. The van der Waals surface area contributed by atoms with Gasteiger partial charge in [-0.15, -0.1) is 0 Å². The number of amidine groups is 1. The van der Waals surface area contributed by atoms with Crippen LogP contribution in [0.15, 0.2) is 29.5 Å². The summed E-state index contributed by atoms with van der Waals surface area (Å²) in [5.41, 5.74) is 2.37. The lowest BCUT2D eigenvalue weighted by molar-refractivity contribution is -0.114. The average molecular weight is 448 g/mol. The molecule has 2 amide bonds. The molecule has 0 saturated heterocycles. The molecule has 0 atom stereocenters. The maximum atomic E-state index is 14.9. The molecule has 1 N–H and O–H groups in total. The van der Waals surface area contributed by atoms with Gasteiger partial charge in [-0.05, 0) is 49.6 Å². The zero-order valence-corrected chi connectivity index (χ0v) is 18.2. The predicted octanol–water partition coefficient (Wildman–Crippen LogP) is 2.61. The van der Waals surface area contributed by atoms with Gasteiger partial charge in [0.2, 0.25) is 6.41 Å². The van der Waals surface area contributed by atoms with Gasteiger partial charge in [-0.1, -0.05) is 11.6 Å². The molecule has 0 radical (unpaired) electrons. The number of hydrogen-bond donors (Lipinski definition) is 1. The summed E-state index contributed by atoms with van der Waals surface area (Å²) < 4.78 is 14.9. The number of pyridine rings is 1. The molecular weight excluding hydrogens is 425 g/mol. The maximum Gasteiger partial charge on any atom is 0.258 e. The van der Waals surface area contributed by atoms with Crippen LogP contribution in [0.2, 0.25) is 5.15 Å². The summed E-state index contributed by atoms with van der Waals surface area (Å²) in [6.07, 6.45) is 2.60. The fourth-order valence-electron chi connectivity index (χ4n) is 3.52. The number of amides is 2. The van der Waals surface area contributed by atoms with Crippen LogP contribution in [0.1, 0.15) is 28.4 Å². The summed E-state index contributed by atoms with van der Waals surface area (Å²) >= 11 is 6.22. The predicted molar refractivity (Wildman–Crippen MR) is 117 cm³/mol. The van der Waals surface area contributed by atoms with E-state index >= 15 is 0 Å². The highest BCUT2D eigenvalue weighted by Crippen LogP contribution is 2.34. The van der Waals surface area contributed by atoms with Gasteiger partial charge in [-0.2, -0.15) is 5.10 Å². The zero-order valence-electron chi connectivity index (χ0n) is 17.5. The fourth-order valence-corrected chi connectivity index (χ4v) is 3.83. The first-order chi connectivity index (χ1) is 14.8. The van der Waals surface area contributed by atoms with Crippen molar-refractivity contribution >= 4 is 41.1 Å². The number of anilines is 2. The summed E-state index contributed by atoms with van der Waals surface area (Å²) in [5.74, 6) is -0.924.